The molecule has 3 heteroatoms. The summed E-state index contributed by atoms with van der Waals surface area (Å²) in [6.45, 7) is 0. The van der Waals surface area contributed by atoms with Crippen molar-refractivity contribution in [2.24, 2.45) is 0 Å². The van der Waals surface area contributed by atoms with Crippen LogP contribution in [0.3, 0.4) is 0 Å². The first-order valence-electron chi connectivity index (χ1n) is 27.8. The van der Waals surface area contributed by atoms with Crippen LogP contribution in [0.5, 0.6) is 0 Å². The SMILES string of the molecule is [2H]c1c([2H])c([2H])c(-c2c([2H])c([2H])c([2H])c3c2oc2c(-c4c([2H])c([2H])c(N(c5ccc(-c6ccccc6)cc5)c5ccc(-c6cccc(-n7c8ccccc8c8ccccc87)c6)cc5)c([2H])c4[2H])c([2H])c([2H])c([2H])c23)c([2H])c1[2H]. The minimum atomic E-state index is -0.749. The van der Waals surface area contributed by atoms with Crippen LogP contribution in [0.1, 0.15) is 20.6 Å². The summed E-state index contributed by atoms with van der Waals surface area (Å²) >= 11 is 0. The first kappa shape index (κ1) is 24.1. The summed E-state index contributed by atoms with van der Waals surface area (Å²) in [6, 6.07) is 39.0. The minimum absolute atomic E-state index is 0.160. The molecule has 3 nitrogen and oxygen atoms in total. The van der Waals surface area contributed by atoms with Gasteiger partial charge in [-0.1, -0.05) is 182 Å². The molecule has 0 radical (unpaired) electrons. The molecule has 0 saturated carbocycles. The summed E-state index contributed by atoms with van der Waals surface area (Å²) in [4.78, 5) is 1.61. The molecule has 12 rings (SSSR count). The van der Waals surface area contributed by atoms with Gasteiger partial charge in [0.25, 0.3) is 0 Å². The summed E-state index contributed by atoms with van der Waals surface area (Å²) in [7, 11) is 0. The van der Waals surface area contributed by atoms with Gasteiger partial charge in [-0.05, 0) is 94.0 Å². The maximum atomic E-state index is 9.75. The topological polar surface area (TPSA) is 21.3 Å². The van der Waals surface area contributed by atoms with Gasteiger partial charge in [-0.2, -0.15) is 0 Å². The predicted molar refractivity (Wildman–Crippen MR) is 264 cm³/mol. The lowest BCUT2D eigenvalue weighted by Crippen LogP contribution is -2.09. The van der Waals surface area contributed by atoms with Gasteiger partial charge < -0.3 is 13.9 Å². The van der Waals surface area contributed by atoms with Crippen LogP contribution in [-0.4, -0.2) is 4.57 Å². The van der Waals surface area contributed by atoms with Crippen molar-refractivity contribution in [2.75, 3.05) is 4.90 Å². The van der Waals surface area contributed by atoms with Gasteiger partial charge in [0.15, 0.2) is 0 Å². The highest BCUT2D eigenvalue weighted by Crippen LogP contribution is 2.42. The van der Waals surface area contributed by atoms with Gasteiger partial charge in [-0.15, -0.1) is 0 Å². The molecule has 2 aromatic heterocycles. The second-order valence-electron chi connectivity index (χ2n) is 14.9. The Balaban J connectivity index is 1.04. The van der Waals surface area contributed by atoms with E-state index < -0.39 is 124 Å². The van der Waals surface area contributed by atoms with Crippen LogP contribution in [0.15, 0.2) is 247 Å². The Morgan fingerprint density at radius 3 is 1.46 bits per heavy atom. The molecule has 63 heavy (non-hydrogen) atoms. The lowest BCUT2D eigenvalue weighted by molar-refractivity contribution is 0.671. The van der Waals surface area contributed by atoms with E-state index in [1.54, 1.807) is 4.90 Å². The van der Waals surface area contributed by atoms with Crippen molar-refractivity contribution in [3.05, 3.63) is 242 Å². The summed E-state index contributed by atoms with van der Waals surface area (Å²) in [6.07, 6.45) is 0. The third-order valence-corrected chi connectivity index (χ3v) is 11.3. The standard InChI is InChI=1S/C60H40N2O/c1-3-14-41(15-4-1)42-28-34-47(35-29-42)61(48-36-30-43(31-37-48)46-18-11-19-50(40-46)62-57-26-9-7-20-53(57)54-21-8-10-27-58(54)62)49-38-32-45(33-39-49)52-23-13-25-56-55-24-12-22-51(59(55)63-60(52)56)44-16-5-2-6-17-44/h1-40H/i2D,5D,6D,12D,13D,16D,17D,22D,23D,24D,25D,32D,33D,38D,39D. The van der Waals surface area contributed by atoms with Gasteiger partial charge in [0.1, 0.15) is 11.2 Å². The average molecular weight is 820 g/mol. The maximum absolute atomic E-state index is 9.75. The second-order valence-corrected chi connectivity index (χ2v) is 14.9. The van der Waals surface area contributed by atoms with Crippen LogP contribution >= 0.6 is 0 Å². The van der Waals surface area contributed by atoms with Crippen molar-refractivity contribution in [1.29, 1.82) is 0 Å². The molecule has 0 spiro atoms. The molecular formula is C60H40N2O. The number of benzene rings is 10. The third kappa shape index (κ3) is 6.38. The summed E-state index contributed by atoms with van der Waals surface area (Å²) in [5.74, 6) is 0. The Morgan fingerprint density at radius 1 is 0.349 bits per heavy atom. The molecule has 0 aliphatic heterocycles. The number of furan rings is 1. The van der Waals surface area contributed by atoms with Gasteiger partial charge in [0.05, 0.1) is 31.6 Å². The zero-order chi connectivity index (χ0) is 54.7. The maximum Gasteiger partial charge on any atom is 0.143 e. The molecule has 2 heterocycles. The fraction of sp³-hybridized carbons (Fsp3) is 0. The number of para-hydroxylation sites is 4. The van der Waals surface area contributed by atoms with Gasteiger partial charge >= 0.3 is 0 Å². The van der Waals surface area contributed by atoms with E-state index in [-0.39, 0.29) is 16.5 Å². The molecule has 0 N–H and O–H groups in total. The Hall–Kier alpha value is -8.40. The number of fused-ring (bicyclic) bond motifs is 6. The number of hydrogen-bond donors (Lipinski definition) is 0. The van der Waals surface area contributed by atoms with Crippen LogP contribution in [0.4, 0.5) is 17.1 Å². The smallest absolute Gasteiger partial charge is 0.143 e. The monoisotopic (exact) mass is 819 g/mol. The molecule has 0 saturated heterocycles. The normalized spacial score (nSPS) is 14.8. The Labute approximate surface area is 387 Å². The van der Waals surface area contributed by atoms with E-state index in [1.807, 2.05) is 115 Å². The van der Waals surface area contributed by atoms with Gasteiger partial charge in [0, 0.05) is 55.4 Å². The Morgan fingerprint density at radius 2 is 0.857 bits per heavy atom. The highest BCUT2D eigenvalue weighted by atomic mass is 16.3. The number of aromatic nitrogens is 1. The first-order chi connectivity index (χ1) is 37.5. The predicted octanol–water partition coefficient (Wildman–Crippen LogP) is 16.8. The van der Waals surface area contributed by atoms with Crippen LogP contribution in [-0.2, 0) is 0 Å². The Kier molecular flexibility index (Phi) is 5.85. The molecule has 0 amide bonds. The van der Waals surface area contributed by atoms with Crippen molar-refractivity contribution in [2.45, 2.75) is 0 Å². The van der Waals surface area contributed by atoms with E-state index >= 15 is 0 Å². The van der Waals surface area contributed by atoms with Crippen molar-refractivity contribution < 1.29 is 25.0 Å². The summed E-state index contributed by atoms with van der Waals surface area (Å²) in [5.41, 5.74) is 4.63. The molecule has 0 unspecified atom stereocenters. The minimum Gasteiger partial charge on any atom is -0.455 e. The van der Waals surface area contributed by atoms with Gasteiger partial charge in [-0.25, -0.2) is 0 Å². The zero-order valence-electron chi connectivity index (χ0n) is 48.2. The Bertz CT molecular complexity index is 4390. The van der Waals surface area contributed by atoms with E-state index in [9.17, 15) is 6.85 Å². The molecule has 0 atom stereocenters. The van der Waals surface area contributed by atoms with E-state index in [1.165, 1.54) is 0 Å². The first-order valence-corrected chi connectivity index (χ1v) is 20.3. The second kappa shape index (κ2) is 15.3. The fourth-order valence-electron chi connectivity index (χ4n) is 8.39. The molecule has 296 valence electrons. The molecule has 10 aromatic carbocycles. The van der Waals surface area contributed by atoms with Gasteiger partial charge in [0.2, 0.25) is 0 Å². The molecular weight excluding hydrogens is 765 g/mol. The number of rotatable bonds is 8. The number of hydrogen-bond acceptors (Lipinski definition) is 2. The van der Waals surface area contributed by atoms with Crippen molar-refractivity contribution in [3.63, 3.8) is 0 Å². The molecule has 0 aliphatic rings. The third-order valence-electron chi connectivity index (χ3n) is 11.3. The molecule has 0 bridgehead atoms. The zero-order valence-corrected chi connectivity index (χ0v) is 33.2. The molecule has 0 fully saturated rings. The van der Waals surface area contributed by atoms with Crippen molar-refractivity contribution in [3.8, 4) is 50.2 Å². The lowest BCUT2D eigenvalue weighted by atomic mass is 10.00. The largest absolute Gasteiger partial charge is 0.455 e. The van der Waals surface area contributed by atoms with E-state index in [0.29, 0.717) is 11.4 Å². The number of anilines is 3. The summed E-state index contributed by atoms with van der Waals surface area (Å²) in [5, 5.41) is 1.59. The number of nitrogens with zero attached hydrogens (tertiary/aromatic N) is 2. The quantitative estimate of drug-likeness (QED) is 0.152. The van der Waals surface area contributed by atoms with Crippen molar-refractivity contribution in [1.82, 2.24) is 4.57 Å². The van der Waals surface area contributed by atoms with Crippen molar-refractivity contribution >= 4 is 60.8 Å². The fourth-order valence-corrected chi connectivity index (χ4v) is 8.39. The lowest BCUT2D eigenvalue weighted by Gasteiger charge is -2.26. The molecule has 12 aromatic rings. The molecule has 0 aliphatic carbocycles. The average Bonchev–Trinajstić information content (AvgIpc) is 4.16. The van der Waals surface area contributed by atoms with E-state index in [0.717, 1.165) is 49.7 Å². The summed E-state index contributed by atoms with van der Waals surface area (Å²) < 4.78 is 144. The van der Waals surface area contributed by atoms with Crippen LogP contribution in [0, 0.1) is 0 Å². The van der Waals surface area contributed by atoms with Crippen LogP contribution in [0.25, 0.3) is 93.9 Å². The van der Waals surface area contributed by atoms with Gasteiger partial charge in [-0.3, -0.25) is 0 Å². The van der Waals surface area contributed by atoms with E-state index in [2.05, 4.69) is 41.0 Å². The highest BCUT2D eigenvalue weighted by Gasteiger charge is 2.18. The van der Waals surface area contributed by atoms with Crippen LogP contribution in [0.2, 0.25) is 0 Å². The van der Waals surface area contributed by atoms with Crippen LogP contribution < -0.4 is 4.90 Å². The highest BCUT2D eigenvalue weighted by molar-refractivity contribution is 6.13. The van der Waals surface area contributed by atoms with E-state index in [4.69, 9.17) is 18.1 Å².